The molecular formula is C15H22FN3O2. The molecule has 0 saturated carbocycles. The van der Waals surface area contributed by atoms with E-state index in [1.165, 1.54) is 6.07 Å². The number of carbonyl (C=O) groups excluding carboxylic acids is 1. The van der Waals surface area contributed by atoms with E-state index in [2.05, 4.69) is 15.1 Å². The number of benzene rings is 1. The molecule has 1 aliphatic rings. The fraction of sp³-hybridized carbons (Fsp3) is 0.533. The number of hydrogen-bond donors (Lipinski definition) is 2. The number of nitrogens with zero attached hydrogens (tertiary/aromatic N) is 2. The number of piperazine rings is 1. The van der Waals surface area contributed by atoms with Gasteiger partial charge in [0.15, 0.2) is 0 Å². The first-order chi connectivity index (χ1) is 10.1. The minimum Gasteiger partial charge on any atom is -0.395 e. The summed E-state index contributed by atoms with van der Waals surface area (Å²) in [6.07, 6.45) is 0. The molecule has 0 aromatic heterocycles. The molecule has 2 N–H and O–H groups in total. The van der Waals surface area contributed by atoms with E-state index in [1.807, 2.05) is 6.92 Å². The summed E-state index contributed by atoms with van der Waals surface area (Å²) in [5.41, 5.74) is 0.216. The highest BCUT2D eigenvalue weighted by Gasteiger charge is 2.25. The van der Waals surface area contributed by atoms with Gasteiger partial charge >= 0.3 is 0 Å². The first kappa shape index (κ1) is 15.9. The standard InChI is InChI=1S/C15H22FN3O2/c1-12(19-8-6-18(7-9-19)10-11-20)15(21)17-14-5-3-2-4-13(14)16/h2-5,12,20H,6-11H2,1H3,(H,17,21). The van der Waals surface area contributed by atoms with Crippen molar-refractivity contribution in [3.63, 3.8) is 0 Å². The van der Waals surface area contributed by atoms with Crippen LogP contribution in [0.2, 0.25) is 0 Å². The van der Waals surface area contributed by atoms with Gasteiger partial charge in [-0.15, -0.1) is 0 Å². The van der Waals surface area contributed by atoms with Gasteiger partial charge in [-0.1, -0.05) is 12.1 Å². The number of aliphatic hydroxyl groups is 1. The highest BCUT2D eigenvalue weighted by Crippen LogP contribution is 2.14. The molecule has 0 radical (unpaired) electrons. The van der Waals surface area contributed by atoms with E-state index in [0.717, 1.165) is 26.2 Å². The molecule has 1 atom stereocenters. The first-order valence-corrected chi connectivity index (χ1v) is 7.24. The number of amides is 1. The lowest BCUT2D eigenvalue weighted by Crippen LogP contribution is -2.53. The number of rotatable bonds is 5. The van der Waals surface area contributed by atoms with Gasteiger partial charge in [0.2, 0.25) is 5.91 Å². The maximum atomic E-state index is 13.5. The molecule has 1 aliphatic heterocycles. The second kappa shape index (κ2) is 7.49. The van der Waals surface area contributed by atoms with Gasteiger partial charge in [0, 0.05) is 32.7 Å². The van der Waals surface area contributed by atoms with Gasteiger partial charge < -0.3 is 10.4 Å². The zero-order chi connectivity index (χ0) is 15.2. The number of halogens is 1. The van der Waals surface area contributed by atoms with Crippen molar-refractivity contribution in [2.24, 2.45) is 0 Å². The van der Waals surface area contributed by atoms with Crippen molar-refractivity contribution in [3.8, 4) is 0 Å². The van der Waals surface area contributed by atoms with Crippen LogP contribution in [0, 0.1) is 5.82 Å². The molecule has 1 heterocycles. The van der Waals surface area contributed by atoms with Gasteiger partial charge in [0.25, 0.3) is 0 Å². The van der Waals surface area contributed by atoms with Crippen LogP contribution in [0.3, 0.4) is 0 Å². The third-order valence-electron chi connectivity index (χ3n) is 3.88. The monoisotopic (exact) mass is 295 g/mol. The van der Waals surface area contributed by atoms with Gasteiger partial charge in [-0.2, -0.15) is 0 Å². The molecule has 0 bridgehead atoms. The number of aliphatic hydroxyl groups excluding tert-OH is 1. The minimum absolute atomic E-state index is 0.156. The van der Waals surface area contributed by atoms with E-state index in [4.69, 9.17) is 5.11 Å². The summed E-state index contributed by atoms with van der Waals surface area (Å²) in [5, 5.41) is 11.6. The lowest BCUT2D eigenvalue weighted by atomic mass is 10.2. The first-order valence-electron chi connectivity index (χ1n) is 7.24. The second-order valence-corrected chi connectivity index (χ2v) is 5.25. The summed E-state index contributed by atoms with van der Waals surface area (Å²) in [6.45, 7) is 5.86. The summed E-state index contributed by atoms with van der Waals surface area (Å²) in [5.74, 6) is -0.624. The van der Waals surface area contributed by atoms with Crippen molar-refractivity contribution < 1.29 is 14.3 Å². The summed E-state index contributed by atoms with van der Waals surface area (Å²) < 4.78 is 13.5. The number of β-amino-alcohol motifs (C(OH)–C–C–N with tert-alkyl or cyclic N) is 1. The lowest BCUT2D eigenvalue weighted by molar-refractivity contribution is -0.121. The maximum absolute atomic E-state index is 13.5. The van der Waals surface area contributed by atoms with Crippen molar-refractivity contribution in [3.05, 3.63) is 30.1 Å². The molecule has 116 valence electrons. The van der Waals surface area contributed by atoms with Crippen LogP contribution in [0.1, 0.15) is 6.92 Å². The average molecular weight is 295 g/mol. The number of nitrogens with one attached hydrogen (secondary N) is 1. The van der Waals surface area contributed by atoms with E-state index in [-0.39, 0.29) is 24.2 Å². The predicted molar refractivity (Wildman–Crippen MR) is 79.6 cm³/mol. The van der Waals surface area contributed by atoms with E-state index < -0.39 is 5.82 Å². The molecule has 1 aromatic carbocycles. The van der Waals surface area contributed by atoms with Crippen LogP contribution in [-0.4, -0.2) is 66.2 Å². The number of anilines is 1. The Morgan fingerprint density at radius 3 is 2.62 bits per heavy atom. The molecule has 1 amide bonds. The molecule has 1 fully saturated rings. The molecule has 1 unspecified atom stereocenters. The normalized spacial score (nSPS) is 18.4. The molecule has 1 saturated heterocycles. The Morgan fingerprint density at radius 1 is 1.33 bits per heavy atom. The Bertz CT molecular complexity index is 476. The molecule has 0 aliphatic carbocycles. The topological polar surface area (TPSA) is 55.8 Å². The second-order valence-electron chi connectivity index (χ2n) is 5.25. The van der Waals surface area contributed by atoms with E-state index in [0.29, 0.717) is 6.54 Å². The summed E-state index contributed by atoms with van der Waals surface area (Å²) in [4.78, 5) is 16.4. The van der Waals surface area contributed by atoms with Gasteiger partial charge in [0.1, 0.15) is 5.82 Å². The molecular weight excluding hydrogens is 273 g/mol. The van der Waals surface area contributed by atoms with Crippen LogP contribution in [0.4, 0.5) is 10.1 Å². The molecule has 21 heavy (non-hydrogen) atoms. The van der Waals surface area contributed by atoms with Crippen molar-refractivity contribution in [2.45, 2.75) is 13.0 Å². The zero-order valence-corrected chi connectivity index (χ0v) is 12.3. The summed E-state index contributed by atoms with van der Waals surface area (Å²) in [7, 11) is 0. The number of carbonyl (C=O) groups is 1. The Balaban J connectivity index is 1.87. The third kappa shape index (κ3) is 4.23. The van der Waals surface area contributed by atoms with Gasteiger partial charge in [-0.3, -0.25) is 14.6 Å². The van der Waals surface area contributed by atoms with Crippen LogP contribution in [0.5, 0.6) is 0 Å². The summed E-state index contributed by atoms with van der Waals surface area (Å²) >= 11 is 0. The Labute approximate surface area is 124 Å². The van der Waals surface area contributed by atoms with Crippen LogP contribution in [-0.2, 0) is 4.79 Å². The van der Waals surface area contributed by atoms with E-state index >= 15 is 0 Å². The SMILES string of the molecule is CC(C(=O)Nc1ccccc1F)N1CCN(CCO)CC1. The highest BCUT2D eigenvalue weighted by atomic mass is 19.1. The fourth-order valence-electron chi connectivity index (χ4n) is 2.48. The minimum atomic E-state index is -0.425. The van der Waals surface area contributed by atoms with Crippen molar-refractivity contribution in [2.75, 3.05) is 44.6 Å². The van der Waals surface area contributed by atoms with Gasteiger partial charge in [0.05, 0.1) is 18.3 Å². The quantitative estimate of drug-likeness (QED) is 0.842. The number of para-hydroxylation sites is 1. The summed E-state index contributed by atoms with van der Waals surface area (Å²) in [6, 6.07) is 5.86. The van der Waals surface area contributed by atoms with Crippen LogP contribution < -0.4 is 5.32 Å². The van der Waals surface area contributed by atoms with Crippen molar-refractivity contribution in [1.29, 1.82) is 0 Å². The van der Waals surface area contributed by atoms with Gasteiger partial charge in [-0.05, 0) is 19.1 Å². The van der Waals surface area contributed by atoms with Crippen LogP contribution >= 0.6 is 0 Å². The largest absolute Gasteiger partial charge is 0.395 e. The average Bonchev–Trinajstić information content (AvgIpc) is 2.50. The van der Waals surface area contributed by atoms with E-state index in [1.54, 1.807) is 18.2 Å². The molecule has 2 rings (SSSR count). The lowest BCUT2D eigenvalue weighted by Gasteiger charge is -2.37. The molecule has 5 nitrogen and oxygen atoms in total. The Hall–Kier alpha value is -1.50. The van der Waals surface area contributed by atoms with Crippen LogP contribution in [0.25, 0.3) is 0 Å². The molecule has 6 heteroatoms. The Morgan fingerprint density at radius 2 is 2.00 bits per heavy atom. The van der Waals surface area contributed by atoms with Crippen molar-refractivity contribution in [1.82, 2.24) is 9.80 Å². The zero-order valence-electron chi connectivity index (χ0n) is 12.3. The molecule has 1 aromatic rings. The fourth-order valence-corrected chi connectivity index (χ4v) is 2.48. The Kier molecular flexibility index (Phi) is 5.67. The van der Waals surface area contributed by atoms with Crippen molar-refractivity contribution >= 4 is 11.6 Å². The predicted octanol–water partition coefficient (Wildman–Crippen LogP) is 0.763. The maximum Gasteiger partial charge on any atom is 0.241 e. The van der Waals surface area contributed by atoms with E-state index in [9.17, 15) is 9.18 Å². The highest BCUT2D eigenvalue weighted by molar-refractivity contribution is 5.94. The van der Waals surface area contributed by atoms with Crippen LogP contribution in [0.15, 0.2) is 24.3 Å². The molecule has 0 spiro atoms. The smallest absolute Gasteiger partial charge is 0.241 e. The van der Waals surface area contributed by atoms with Gasteiger partial charge in [-0.25, -0.2) is 4.39 Å². The number of hydrogen-bond acceptors (Lipinski definition) is 4. The third-order valence-corrected chi connectivity index (χ3v) is 3.88.